The smallest absolute Gasteiger partial charge is 0.220 e. The molecule has 0 fully saturated rings. The van der Waals surface area contributed by atoms with Crippen LogP contribution in [-0.2, 0) is 11.2 Å². The van der Waals surface area contributed by atoms with E-state index in [1.807, 2.05) is 31.2 Å². The standard InChI is InChI=1S/C13H17Cl2NO/c1-10(16-13(17)3-2-8-14)9-11-4-6-12(15)7-5-11/h4-7,10H,2-3,8-9H2,1H3,(H,16,17). The molecule has 0 aliphatic rings. The second-order valence-corrected chi connectivity index (χ2v) is 4.91. The molecule has 0 saturated heterocycles. The number of hydrogen-bond acceptors (Lipinski definition) is 1. The van der Waals surface area contributed by atoms with Gasteiger partial charge < -0.3 is 5.32 Å². The SMILES string of the molecule is CC(Cc1ccc(Cl)cc1)NC(=O)CCCCl. The molecule has 0 bridgehead atoms. The molecule has 1 N–H and O–H groups in total. The van der Waals surface area contributed by atoms with Crippen LogP contribution in [0.2, 0.25) is 5.02 Å². The number of carbonyl (C=O) groups is 1. The van der Waals surface area contributed by atoms with Crippen molar-refractivity contribution in [2.24, 2.45) is 0 Å². The van der Waals surface area contributed by atoms with Crippen molar-refractivity contribution in [2.75, 3.05) is 5.88 Å². The van der Waals surface area contributed by atoms with E-state index in [1.165, 1.54) is 5.56 Å². The highest BCUT2D eigenvalue weighted by atomic mass is 35.5. The van der Waals surface area contributed by atoms with Crippen molar-refractivity contribution in [1.82, 2.24) is 5.32 Å². The zero-order chi connectivity index (χ0) is 12.7. The maximum Gasteiger partial charge on any atom is 0.220 e. The molecule has 4 heteroatoms. The summed E-state index contributed by atoms with van der Waals surface area (Å²) in [4.78, 5) is 11.5. The summed E-state index contributed by atoms with van der Waals surface area (Å²) in [5.74, 6) is 0.589. The molecule has 1 amide bonds. The van der Waals surface area contributed by atoms with Gasteiger partial charge in [0.15, 0.2) is 0 Å². The third kappa shape index (κ3) is 5.94. The van der Waals surface area contributed by atoms with Gasteiger partial charge in [-0.15, -0.1) is 11.6 Å². The number of hydrogen-bond donors (Lipinski definition) is 1. The van der Waals surface area contributed by atoms with Crippen LogP contribution >= 0.6 is 23.2 Å². The summed E-state index contributed by atoms with van der Waals surface area (Å²) in [6.07, 6.45) is 2.03. The molecule has 1 atom stereocenters. The van der Waals surface area contributed by atoms with E-state index < -0.39 is 0 Å². The van der Waals surface area contributed by atoms with Crippen LogP contribution < -0.4 is 5.32 Å². The first kappa shape index (κ1) is 14.3. The first-order valence-corrected chi connectivity index (χ1v) is 6.63. The Labute approximate surface area is 112 Å². The molecule has 0 heterocycles. The van der Waals surface area contributed by atoms with Crippen molar-refractivity contribution < 1.29 is 4.79 Å². The Morgan fingerprint density at radius 1 is 1.35 bits per heavy atom. The number of amides is 1. The van der Waals surface area contributed by atoms with Gasteiger partial charge >= 0.3 is 0 Å². The predicted octanol–water partition coefficient (Wildman–Crippen LogP) is 3.41. The van der Waals surface area contributed by atoms with Gasteiger partial charge in [-0.25, -0.2) is 0 Å². The van der Waals surface area contributed by atoms with Gasteiger partial charge in [-0.3, -0.25) is 4.79 Å². The molecule has 2 nitrogen and oxygen atoms in total. The summed E-state index contributed by atoms with van der Waals surface area (Å²) in [6.45, 7) is 1.99. The molecule has 1 aromatic carbocycles. The third-order valence-electron chi connectivity index (χ3n) is 2.40. The molecule has 0 radical (unpaired) electrons. The minimum absolute atomic E-state index is 0.0621. The monoisotopic (exact) mass is 273 g/mol. The van der Waals surface area contributed by atoms with E-state index in [9.17, 15) is 4.79 Å². The summed E-state index contributed by atoms with van der Waals surface area (Å²) < 4.78 is 0. The van der Waals surface area contributed by atoms with Crippen molar-refractivity contribution in [3.8, 4) is 0 Å². The average molecular weight is 274 g/mol. The number of carbonyl (C=O) groups excluding carboxylic acids is 1. The Morgan fingerprint density at radius 3 is 2.59 bits per heavy atom. The van der Waals surface area contributed by atoms with Crippen LogP contribution in [0.4, 0.5) is 0 Å². The van der Waals surface area contributed by atoms with Gasteiger partial charge in [0.25, 0.3) is 0 Å². The highest BCUT2D eigenvalue weighted by Crippen LogP contribution is 2.11. The van der Waals surface area contributed by atoms with Crippen LogP contribution in [0.15, 0.2) is 24.3 Å². The molecule has 1 rings (SSSR count). The Hall–Kier alpha value is -0.730. The molecule has 17 heavy (non-hydrogen) atoms. The quantitative estimate of drug-likeness (QED) is 0.791. The van der Waals surface area contributed by atoms with Gasteiger partial charge in [-0.1, -0.05) is 23.7 Å². The Kier molecular flexibility index (Phi) is 6.38. The zero-order valence-electron chi connectivity index (χ0n) is 9.88. The lowest BCUT2D eigenvalue weighted by Gasteiger charge is -2.13. The Bertz CT molecular complexity index is 351. The number of benzene rings is 1. The van der Waals surface area contributed by atoms with Gasteiger partial charge in [0.05, 0.1) is 0 Å². The lowest BCUT2D eigenvalue weighted by Crippen LogP contribution is -2.33. The fourth-order valence-corrected chi connectivity index (χ4v) is 1.86. The minimum atomic E-state index is 0.0621. The topological polar surface area (TPSA) is 29.1 Å². The molecule has 0 saturated carbocycles. The van der Waals surface area contributed by atoms with E-state index in [4.69, 9.17) is 23.2 Å². The van der Waals surface area contributed by atoms with E-state index in [0.717, 1.165) is 17.9 Å². The van der Waals surface area contributed by atoms with Gasteiger partial charge in [0.2, 0.25) is 5.91 Å². The summed E-state index contributed by atoms with van der Waals surface area (Å²) in [6, 6.07) is 7.80. The zero-order valence-corrected chi connectivity index (χ0v) is 11.4. The van der Waals surface area contributed by atoms with Gasteiger partial charge in [-0.2, -0.15) is 0 Å². The summed E-state index contributed by atoms with van der Waals surface area (Å²) in [7, 11) is 0. The lowest BCUT2D eigenvalue weighted by molar-refractivity contribution is -0.121. The summed E-state index contributed by atoms with van der Waals surface area (Å²) in [5, 5.41) is 3.68. The van der Waals surface area contributed by atoms with Crippen molar-refractivity contribution in [1.29, 1.82) is 0 Å². The molecule has 0 aliphatic heterocycles. The summed E-state index contributed by atoms with van der Waals surface area (Å²) in [5.41, 5.74) is 1.17. The second-order valence-electron chi connectivity index (χ2n) is 4.09. The number of rotatable bonds is 6. The average Bonchev–Trinajstić information content (AvgIpc) is 2.29. The van der Waals surface area contributed by atoms with Gasteiger partial charge in [0, 0.05) is 23.4 Å². The first-order chi connectivity index (χ1) is 8.11. The van der Waals surface area contributed by atoms with Gasteiger partial charge in [0.1, 0.15) is 0 Å². The lowest BCUT2D eigenvalue weighted by atomic mass is 10.1. The molecular weight excluding hydrogens is 257 g/mol. The van der Waals surface area contributed by atoms with E-state index in [2.05, 4.69) is 5.32 Å². The highest BCUT2D eigenvalue weighted by molar-refractivity contribution is 6.30. The maximum atomic E-state index is 11.5. The second kappa shape index (κ2) is 7.57. The predicted molar refractivity (Wildman–Crippen MR) is 72.7 cm³/mol. The Balaban J connectivity index is 2.36. The number of nitrogens with one attached hydrogen (secondary N) is 1. The van der Waals surface area contributed by atoms with Crippen LogP contribution in [0.1, 0.15) is 25.3 Å². The van der Waals surface area contributed by atoms with Crippen LogP contribution in [0, 0.1) is 0 Å². The molecule has 1 aromatic rings. The van der Waals surface area contributed by atoms with Crippen LogP contribution in [0.25, 0.3) is 0 Å². The van der Waals surface area contributed by atoms with E-state index >= 15 is 0 Å². The fourth-order valence-electron chi connectivity index (χ4n) is 1.60. The largest absolute Gasteiger partial charge is 0.353 e. The van der Waals surface area contributed by atoms with Crippen molar-refractivity contribution in [3.63, 3.8) is 0 Å². The number of alkyl halides is 1. The van der Waals surface area contributed by atoms with Crippen molar-refractivity contribution >= 4 is 29.1 Å². The molecule has 0 aliphatic carbocycles. The fraction of sp³-hybridized carbons (Fsp3) is 0.462. The molecular formula is C13H17Cl2NO. The minimum Gasteiger partial charge on any atom is -0.353 e. The molecule has 1 unspecified atom stereocenters. The molecule has 0 spiro atoms. The Morgan fingerprint density at radius 2 is 2.00 bits per heavy atom. The summed E-state index contributed by atoms with van der Waals surface area (Å²) >= 11 is 11.3. The molecule has 0 aromatic heterocycles. The molecule has 94 valence electrons. The number of halogens is 2. The van der Waals surface area contributed by atoms with Crippen LogP contribution in [0.5, 0.6) is 0 Å². The highest BCUT2D eigenvalue weighted by Gasteiger charge is 2.07. The van der Waals surface area contributed by atoms with Crippen LogP contribution in [0.3, 0.4) is 0 Å². The maximum absolute atomic E-state index is 11.5. The first-order valence-electron chi connectivity index (χ1n) is 5.71. The van der Waals surface area contributed by atoms with Crippen molar-refractivity contribution in [3.05, 3.63) is 34.9 Å². The van der Waals surface area contributed by atoms with E-state index in [0.29, 0.717) is 12.3 Å². The van der Waals surface area contributed by atoms with E-state index in [-0.39, 0.29) is 11.9 Å². The normalized spacial score (nSPS) is 12.2. The van der Waals surface area contributed by atoms with Crippen LogP contribution in [-0.4, -0.2) is 17.8 Å². The third-order valence-corrected chi connectivity index (χ3v) is 2.92. The van der Waals surface area contributed by atoms with E-state index in [1.54, 1.807) is 0 Å². The van der Waals surface area contributed by atoms with Crippen molar-refractivity contribution in [2.45, 2.75) is 32.2 Å². The van der Waals surface area contributed by atoms with Gasteiger partial charge in [-0.05, 0) is 37.5 Å².